The first-order valence-electron chi connectivity index (χ1n) is 6.88. The van der Waals surface area contributed by atoms with Gasteiger partial charge in [0.1, 0.15) is 6.33 Å². The molecule has 0 fully saturated rings. The average Bonchev–Trinajstić information content (AvgIpc) is 3.16. The van der Waals surface area contributed by atoms with E-state index in [0.717, 1.165) is 11.5 Å². The molecule has 0 saturated heterocycles. The summed E-state index contributed by atoms with van der Waals surface area (Å²) in [5.41, 5.74) is 2.34. The summed E-state index contributed by atoms with van der Waals surface area (Å²) in [4.78, 5) is 8.26. The highest BCUT2D eigenvalue weighted by Gasteiger charge is 2.07. The van der Waals surface area contributed by atoms with E-state index >= 15 is 0 Å². The molecular weight excluding hydrogens is 264 g/mol. The number of hydrogen-bond acceptors (Lipinski definition) is 4. The van der Waals surface area contributed by atoms with Crippen LogP contribution in [0.4, 0.5) is 0 Å². The number of rotatable bonds is 5. The van der Waals surface area contributed by atoms with Crippen LogP contribution in [0.5, 0.6) is 0 Å². The molecular formula is C15H18N6. The number of hydrogen-bond donors (Lipinski definition) is 1. The molecule has 3 rings (SSSR count). The lowest BCUT2D eigenvalue weighted by Crippen LogP contribution is -2.19. The number of aromatic nitrogens is 5. The van der Waals surface area contributed by atoms with E-state index in [9.17, 15) is 0 Å². The zero-order valence-electron chi connectivity index (χ0n) is 12.1. The Hall–Kier alpha value is -2.47. The standard InChI is InChI=1S/C15H18N6/c1-12(17-9-15-18-11-20(2)19-15)13-3-5-14(6-4-13)21-8-7-16-10-21/h3-8,10-12,17H,9H2,1-2H3. The summed E-state index contributed by atoms with van der Waals surface area (Å²) in [5.74, 6) is 0.805. The van der Waals surface area contributed by atoms with Gasteiger partial charge in [0, 0.05) is 31.2 Å². The van der Waals surface area contributed by atoms with Crippen LogP contribution in [0.2, 0.25) is 0 Å². The van der Waals surface area contributed by atoms with E-state index in [1.807, 2.05) is 17.8 Å². The molecule has 0 spiro atoms. The van der Waals surface area contributed by atoms with E-state index in [4.69, 9.17) is 0 Å². The van der Waals surface area contributed by atoms with Crippen molar-refractivity contribution >= 4 is 0 Å². The molecule has 3 aromatic rings. The molecule has 2 heterocycles. The smallest absolute Gasteiger partial charge is 0.164 e. The minimum atomic E-state index is 0.241. The maximum absolute atomic E-state index is 4.26. The van der Waals surface area contributed by atoms with Gasteiger partial charge in [-0.05, 0) is 24.6 Å². The van der Waals surface area contributed by atoms with Crippen LogP contribution in [0, 0.1) is 0 Å². The third-order valence-corrected chi connectivity index (χ3v) is 3.41. The van der Waals surface area contributed by atoms with E-state index in [2.05, 4.69) is 51.6 Å². The molecule has 108 valence electrons. The van der Waals surface area contributed by atoms with Gasteiger partial charge < -0.3 is 9.88 Å². The largest absolute Gasteiger partial charge is 0.306 e. The summed E-state index contributed by atoms with van der Waals surface area (Å²) in [6.07, 6.45) is 7.21. The van der Waals surface area contributed by atoms with Crippen LogP contribution in [0.15, 0.2) is 49.3 Å². The van der Waals surface area contributed by atoms with E-state index < -0.39 is 0 Å². The highest BCUT2D eigenvalue weighted by molar-refractivity contribution is 5.35. The fourth-order valence-electron chi connectivity index (χ4n) is 2.17. The molecule has 1 atom stereocenters. The average molecular weight is 282 g/mol. The van der Waals surface area contributed by atoms with Crippen LogP contribution < -0.4 is 5.32 Å². The first-order valence-corrected chi connectivity index (χ1v) is 6.88. The van der Waals surface area contributed by atoms with Crippen molar-refractivity contribution in [1.82, 2.24) is 29.6 Å². The van der Waals surface area contributed by atoms with Gasteiger partial charge in [0.15, 0.2) is 5.82 Å². The Morgan fingerprint density at radius 3 is 2.62 bits per heavy atom. The van der Waals surface area contributed by atoms with Crippen molar-refractivity contribution in [2.45, 2.75) is 19.5 Å². The molecule has 21 heavy (non-hydrogen) atoms. The lowest BCUT2D eigenvalue weighted by atomic mass is 10.1. The fourth-order valence-corrected chi connectivity index (χ4v) is 2.17. The zero-order valence-corrected chi connectivity index (χ0v) is 12.1. The summed E-state index contributed by atoms with van der Waals surface area (Å²) in [5, 5.41) is 7.68. The summed E-state index contributed by atoms with van der Waals surface area (Å²) < 4.78 is 3.70. The molecule has 1 unspecified atom stereocenters. The Labute approximate surface area is 123 Å². The number of nitrogens with one attached hydrogen (secondary N) is 1. The first-order chi connectivity index (χ1) is 10.2. The van der Waals surface area contributed by atoms with Crippen LogP contribution in [0.25, 0.3) is 5.69 Å². The maximum Gasteiger partial charge on any atom is 0.164 e. The van der Waals surface area contributed by atoms with Crippen LogP contribution in [0.1, 0.15) is 24.4 Å². The normalized spacial score (nSPS) is 12.5. The van der Waals surface area contributed by atoms with Crippen LogP contribution in [0.3, 0.4) is 0 Å². The van der Waals surface area contributed by atoms with Crippen LogP contribution >= 0.6 is 0 Å². The Balaban J connectivity index is 1.63. The van der Waals surface area contributed by atoms with Gasteiger partial charge in [0.2, 0.25) is 0 Å². The summed E-state index contributed by atoms with van der Waals surface area (Å²) in [6, 6.07) is 8.67. The second-order valence-corrected chi connectivity index (χ2v) is 5.00. The predicted octanol–water partition coefficient (Wildman–Crippen LogP) is 1.85. The van der Waals surface area contributed by atoms with Gasteiger partial charge >= 0.3 is 0 Å². The lowest BCUT2D eigenvalue weighted by molar-refractivity contribution is 0.556. The van der Waals surface area contributed by atoms with Gasteiger partial charge in [-0.15, -0.1) is 0 Å². The quantitative estimate of drug-likeness (QED) is 0.776. The lowest BCUT2D eigenvalue weighted by Gasteiger charge is -2.13. The number of aryl methyl sites for hydroxylation is 1. The van der Waals surface area contributed by atoms with E-state index in [1.165, 1.54) is 5.56 Å². The molecule has 2 aromatic heterocycles. The molecule has 0 radical (unpaired) electrons. The Kier molecular flexibility index (Phi) is 3.79. The molecule has 6 heteroatoms. The second-order valence-electron chi connectivity index (χ2n) is 5.00. The third-order valence-electron chi connectivity index (χ3n) is 3.41. The van der Waals surface area contributed by atoms with Crippen molar-refractivity contribution < 1.29 is 0 Å². The SMILES string of the molecule is CC(NCc1ncn(C)n1)c1ccc(-n2ccnc2)cc1. The first kappa shape index (κ1) is 13.5. The predicted molar refractivity (Wildman–Crippen MR) is 79.8 cm³/mol. The summed E-state index contributed by atoms with van der Waals surface area (Å²) in [7, 11) is 1.87. The van der Waals surface area contributed by atoms with Crippen LogP contribution in [-0.4, -0.2) is 24.3 Å². The highest BCUT2D eigenvalue weighted by Crippen LogP contribution is 2.15. The van der Waals surface area contributed by atoms with Gasteiger partial charge in [0.25, 0.3) is 0 Å². The Bertz CT molecular complexity index is 683. The zero-order chi connectivity index (χ0) is 14.7. The Morgan fingerprint density at radius 2 is 2.00 bits per heavy atom. The van der Waals surface area contributed by atoms with E-state index in [1.54, 1.807) is 23.5 Å². The second kappa shape index (κ2) is 5.88. The molecule has 0 aliphatic heterocycles. The topological polar surface area (TPSA) is 60.6 Å². The molecule has 0 aliphatic carbocycles. The van der Waals surface area contributed by atoms with Crippen LogP contribution in [-0.2, 0) is 13.6 Å². The third kappa shape index (κ3) is 3.17. The maximum atomic E-state index is 4.26. The minimum Gasteiger partial charge on any atom is -0.306 e. The van der Waals surface area contributed by atoms with Crippen molar-refractivity contribution in [3.63, 3.8) is 0 Å². The molecule has 0 saturated carbocycles. The summed E-state index contributed by atoms with van der Waals surface area (Å²) >= 11 is 0. The van der Waals surface area contributed by atoms with Gasteiger partial charge in [-0.2, -0.15) is 5.10 Å². The molecule has 0 aliphatic rings. The van der Waals surface area contributed by atoms with Gasteiger partial charge in [-0.25, -0.2) is 9.97 Å². The fraction of sp³-hybridized carbons (Fsp3) is 0.267. The van der Waals surface area contributed by atoms with Gasteiger partial charge in [-0.1, -0.05) is 12.1 Å². The van der Waals surface area contributed by atoms with E-state index in [-0.39, 0.29) is 6.04 Å². The molecule has 0 amide bonds. The van der Waals surface area contributed by atoms with Crippen molar-refractivity contribution in [2.75, 3.05) is 0 Å². The number of imidazole rings is 1. The molecule has 0 bridgehead atoms. The Morgan fingerprint density at radius 1 is 1.19 bits per heavy atom. The van der Waals surface area contributed by atoms with Crippen molar-refractivity contribution in [2.24, 2.45) is 7.05 Å². The van der Waals surface area contributed by atoms with Crippen molar-refractivity contribution in [3.05, 3.63) is 60.7 Å². The number of nitrogens with zero attached hydrogens (tertiary/aromatic N) is 5. The molecule has 1 N–H and O–H groups in total. The minimum absolute atomic E-state index is 0.241. The van der Waals surface area contributed by atoms with E-state index in [0.29, 0.717) is 6.54 Å². The monoisotopic (exact) mass is 282 g/mol. The highest BCUT2D eigenvalue weighted by atomic mass is 15.3. The number of benzene rings is 1. The van der Waals surface area contributed by atoms with Gasteiger partial charge in [-0.3, -0.25) is 4.68 Å². The van der Waals surface area contributed by atoms with Crippen molar-refractivity contribution in [3.8, 4) is 5.69 Å². The van der Waals surface area contributed by atoms with Gasteiger partial charge in [0.05, 0.1) is 12.9 Å². The molecule has 1 aromatic carbocycles. The molecule has 6 nitrogen and oxygen atoms in total. The van der Waals surface area contributed by atoms with Crippen molar-refractivity contribution in [1.29, 1.82) is 0 Å². The summed E-state index contributed by atoms with van der Waals surface area (Å²) in [6.45, 7) is 2.79.